The van der Waals surface area contributed by atoms with Crippen molar-refractivity contribution in [1.82, 2.24) is 4.98 Å². The number of nitrogens with zero attached hydrogens (tertiary/aromatic N) is 2. The fraction of sp³-hybridized carbons (Fsp3) is 0.100. The van der Waals surface area contributed by atoms with Gasteiger partial charge in [-0.25, -0.2) is 0 Å². The summed E-state index contributed by atoms with van der Waals surface area (Å²) in [7, 11) is 1.94. The monoisotopic (exact) mass is 351 g/mol. The van der Waals surface area contributed by atoms with Gasteiger partial charge in [0.1, 0.15) is 0 Å². The molecule has 0 bridgehead atoms. The molecule has 0 spiro atoms. The number of pyridine rings is 1. The fourth-order valence-electron chi connectivity index (χ4n) is 2.41. The summed E-state index contributed by atoms with van der Waals surface area (Å²) in [4.78, 5) is 18.7. The molecule has 1 aromatic heterocycles. The van der Waals surface area contributed by atoms with E-state index in [1.54, 1.807) is 18.5 Å². The normalized spacial score (nSPS) is 10.4. The quantitative estimate of drug-likeness (QED) is 0.714. The average Bonchev–Trinajstić information content (AvgIpc) is 2.65. The number of benzene rings is 2. The van der Waals surface area contributed by atoms with Gasteiger partial charge < -0.3 is 10.2 Å². The van der Waals surface area contributed by atoms with Crippen LogP contribution in [0.4, 0.5) is 17.1 Å². The summed E-state index contributed by atoms with van der Waals surface area (Å²) in [6.45, 7) is 1.92. The van der Waals surface area contributed by atoms with E-state index in [0.29, 0.717) is 16.3 Å². The van der Waals surface area contributed by atoms with E-state index in [4.69, 9.17) is 11.6 Å². The first-order chi connectivity index (χ1) is 12.0. The molecule has 3 rings (SSSR count). The third-order valence-corrected chi connectivity index (χ3v) is 4.35. The summed E-state index contributed by atoms with van der Waals surface area (Å²) in [5.41, 5.74) is 3.96. The second kappa shape index (κ2) is 7.36. The minimum absolute atomic E-state index is 0.226. The predicted molar refractivity (Wildman–Crippen MR) is 103 cm³/mol. The Morgan fingerprint density at radius 1 is 1.04 bits per heavy atom. The first kappa shape index (κ1) is 17.0. The van der Waals surface area contributed by atoms with Crippen LogP contribution in [0.3, 0.4) is 0 Å². The summed E-state index contributed by atoms with van der Waals surface area (Å²) in [6, 6.07) is 17.2. The molecule has 4 nitrogen and oxygen atoms in total. The minimum Gasteiger partial charge on any atom is -0.343 e. The van der Waals surface area contributed by atoms with E-state index >= 15 is 0 Å². The third kappa shape index (κ3) is 3.98. The van der Waals surface area contributed by atoms with E-state index in [1.165, 1.54) is 0 Å². The van der Waals surface area contributed by atoms with Crippen LogP contribution < -0.4 is 10.2 Å². The fourth-order valence-corrected chi connectivity index (χ4v) is 2.59. The topological polar surface area (TPSA) is 45.2 Å². The zero-order chi connectivity index (χ0) is 17.8. The Morgan fingerprint density at radius 3 is 2.52 bits per heavy atom. The van der Waals surface area contributed by atoms with Crippen LogP contribution in [-0.2, 0) is 0 Å². The van der Waals surface area contributed by atoms with Crippen molar-refractivity contribution in [1.29, 1.82) is 0 Å². The van der Waals surface area contributed by atoms with Crippen molar-refractivity contribution in [3.05, 3.63) is 83.1 Å². The highest BCUT2D eigenvalue weighted by molar-refractivity contribution is 6.31. The second-order valence-corrected chi connectivity index (χ2v) is 6.15. The first-order valence-electron chi connectivity index (χ1n) is 7.86. The molecule has 0 fully saturated rings. The van der Waals surface area contributed by atoms with E-state index in [0.717, 1.165) is 16.9 Å². The molecule has 1 amide bonds. The molecular formula is C20H18ClN3O. The Balaban J connectivity index is 1.81. The lowest BCUT2D eigenvalue weighted by molar-refractivity contribution is 0.102. The summed E-state index contributed by atoms with van der Waals surface area (Å²) < 4.78 is 0. The number of hydrogen-bond acceptors (Lipinski definition) is 3. The van der Waals surface area contributed by atoms with E-state index < -0.39 is 0 Å². The summed E-state index contributed by atoms with van der Waals surface area (Å²) in [5, 5.41) is 3.47. The lowest BCUT2D eigenvalue weighted by atomic mass is 10.2. The molecule has 0 saturated heterocycles. The minimum atomic E-state index is -0.226. The molecule has 0 aliphatic carbocycles. The van der Waals surface area contributed by atoms with Crippen molar-refractivity contribution in [2.24, 2.45) is 0 Å². The number of anilines is 3. The van der Waals surface area contributed by atoms with Crippen LogP contribution in [0.15, 0.2) is 67.0 Å². The largest absolute Gasteiger partial charge is 0.343 e. The first-order valence-corrected chi connectivity index (χ1v) is 8.24. The van der Waals surface area contributed by atoms with Crippen LogP contribution in [-0.4, -0.2) is 17.9 Å². The maximum atomic E-state index is 12.5. The van der Waals surface area contributed by atoms with Crippen molar-refractivity contribution in [2.45, 2.75) is 6.92 Å². The lowest BCUT2D eigenvalue weighted by Crippen LogP contribution is -2.15. The molecule has 126 valence electrons. The third-order valence-electron chi connectivity index (χ3n) is 3.95. The molecule has 0 atom stereocenters. The highest BCUT2D eigenvalue weighted by Crippen LogP contribution is 2.24. The van der Waals surface area contributed by atoms with Gasteiger partial charge in [0.2, 0.25) is 0 Å². The highest BCUT2D eigenvalue weighted by Gasteiger charge is 2.11. The van der Waals surface area contributed by atoms with Crippen LogP contribution in [0.5, 0.6) is 0 Å². The van der Waals surface area contributed by atoms with Gasteiger partial charge in [-0.1, -0.05) is 35.9 Å². The summed E-state index contributed by atoms with van der Waals surface area (Å²) in [6.07, 6.45) is 3.28. The van der Waals surface area contributed by atoms with Crippen molar-refractivity contribution >= 4 is 34.6 Å². The number of amides is 1. The zero-order valence-corrected chi connectivity index (χ0v) is 14.8. The summed E-state index contributed by atoms with van der Waals surface area (Å²) in [5.74, 6) is -0.226. The lowest BCUT2D eigenvalue weighted by Gasteiger charge is -2.19. The maximum absolute atomic E-state index is 12.5. The SMILES string of the molecule is Cc1ccc(NC(=O)c2cncc(N(C)c3ccccc3)c2)cc1Cl. The molecule has 0 unspecified atom stereocenters. The predicted octanol–water partition coefficient (Wildman–Crippen LogP) is 5.06. The number of nitrogens with one attached hydrogen (secondary N) is 1. The molecule has 1 heterocycles. The van der Waals surface area contributed by atoms with E-state index in [1.807, 2.05) is 67.4 Å². The standard InChI is InChI=1S/C20H18ClN3O/c1-14-8-9-16(11-19(14)21)23-20(25)15-10-18(13-22-12-15)24(2)17-6-4-3-5-7-17/h3-13H,1-2H3,(H,23,25). The number of para-hydroxylation sites is 1. The van der Waals surface area contributed by atoms with Gasteiger partial charge in [0.15, 0.2) is 0 Å². The Kier molecular flexibility index (Phi) is 5.00. The molecule has 1 N–H and O–H groups in total. The number of hydrogen-bond donors (Lipinski definition) is 1. The number of halogens is 1. The summed E-state index contributed by atoms with van der Waals surface area (Å²) >= 11 is 6.11. The average molecular weight is 352 g/mol. The van der Waals surface area contributed by atoms with Gasteiger partial charge in [-0.2, -0.15) is 0 Å². The van der Waals surface area contributed by atoms with Gasteiger partial charge in [0.25, 0.3) is 5.91 Å². The van der Waals surface area contributed by atoms with E-state index in [2.05, 4.69) is 10.3 Å². The van der Waals surface area contributed by atoms with Crippen LogP contribution in [0.2, 0.25) is 5.02 Å². The number of rotatable bonds is 4. The molecular weight excluding hydrogens is 334 g/mol. The molecule has 2 aromatic carbocycles. The second-order valence-electron chi connectivity index (χ2n) is 5.74. The molecule has 0 aliphatic rings. The maximum Gasteiger partial charge on any atom is 0.257 e. The van der Waals surface area contributed by atoms with Gasteiger partial charge in [-0.3, -0.25) is 9.78 Å². The Hall–Kier alpha value is -2.85. The van der Waals surface area contributed by atoms with E-state index in [-0.39, 0.29) is 5.91 Å². The van der Waals surface area contributed by atoms with E-state index in [9.17, 15) is 4.79 Å². The van der Waals surface area contributed by atoms with Crippen LogP contribution in [0.25, 0.3) is 0 Å². The van der Waals surface area contributed by atoms with Crippen LogP contribution in [0.1, 0.15) is 15.9 Å². The van der Waals surface area contributed by atoms with Crippen molar-refractivity contribution in [3.63, 3.8) is 0 Å². The Bertz CT molecular complexity index is 896. The Morgan fingerprint density at radius 2 is 1.80 bits per heavy atom. The number of carbonyl (C=O) groups excluding carboxylic acids is 1. The number of aryl methyl sites for hydroxylation is 1. The van der Waals surface area contributed by atoms with Crippen molar-refractivity contribution in [2.75, 3.05) is 17.3 Å². The van der Waals surface area contributed by atoms with Gasteiger partial charge in [-0.05, 0) is 42.8 Å². The van der Waals surface area contributed by atoms with Gasteiger partial charge in [0, 0.05) is 29.6 Å². The van der Waals surface area contributed by atoms with Crippen LogP contribution in [0, 0.1) is 6.92 Å². The van der Waals surface area contributed by atoms with Crippen molar-refractivity contribution in [3.8, 4) is 0 Å². The van der Waals surface area contributed by atoms with Crippen molar-refractivity contribution < 1.29 is 4.79 Å². The van der Waals surface area contributed by atoms with Gasteiger partial charge >= 0.3 is 0 Å². The molecule has 0 aliphatic heterocycles. The highest BCUT2D eigenvalue weighted by atomic mass is 35.5. The Labute approximate surface area is 152 Å². The molecule has 0 saturated carbocycles. The van der Waals surface area contributed by atoms with Crippen LogP contribution >= 0.6 is 11.6 Å². The van der Waals surface area contributed by atoms with Gasteiger partial charge in [-0.15, -0.1) is 0 Å². The smallest absolute Gasteiger partial charge is 0.257 e. The molecule has 25 heavy (non-hydrogen) atoms. The zero-order valence-electron chi connectivity index (χ0n) is 14.0. The van der Waals surface area contributed by atoms with Gasteiger partial charge in [0.05, 0.1) is 17.4 Å². The molecule has 0 radical (unpaired) electrons. The molecule has 5 heteroatoms. The number of carbonyl (C=O) groups is 1. The number of aromatic nitrogens is 1. The molecule has 3 aromatic rings.